The van der Waals surface area contributed by atoms with Gasteiger partial charge in [-0.05, 0) is 25.1 Å². The molecule has 0 radical (unpaired) electrons. The molecule has 1 aromatic rings. The minimum absolute atomic E-state index is 0.0118. The SMILES string of the molecule is CCOC(=O)NC(=O)COc1ccc(OC)cc1C(=O)O. The van der Waals surface area contributed by atoms with Crippen molar-refractivity contribution in [3.8, 4) is 11.5 Å². The lowest BCUT2D eigenvalue weighted by atomic mass is 10.2. The average molecular weight is 297 g/mol. The smallest absolute Gasteiger partial charge is 0.413 e. The second-order valence-electron chi connectivity index (χ2n) is 3.72. The Labute approximate surface area is 120 Å². The molecular formula is C13H15NO7. The van der Waals surface area contributed by atoms with Crippen molar-refractivity contribution in [2.24, 2.45) is 0 Å². The Hall–Kier alpha value is -2.77. The maximum Gasteiger partial charge on any atom is 0.413 e. The fourth-order valence-corrected chi connectivity index (χ4v) is 1.39. The second-order valence-corrected chi connectivity index (χ2v) is 3.72. The van der Waals surface area contributed by atoms with Gasteiger partial charge >= 0.3 is 12.1 Å². The predicted molar refractivity (Wildman–Crippen MR) is 70.6 cm³/mol. The highest BCUT2D eigenvalue weighted by molar-refractivity contribution is 5.93. The normalized spacial score (nSPS) is 9.62. The van der Waals surface area contributed by atoms with Crippen molar-refractivity contribution in [1.82, 2.24) is 5.32 Å². The highest BCUT2D eigenvalue weighted by Gasteiger charge is 2.15. The first kappa shape index (κ1) is 16.3. The zero-order chi connectivity index (χ0) is 15.8. The number of imide groups is 1. The summed E-state index contributed by atoms with van der Waals surface area (Å²) in [5, 5.41) is 11.0. The van der Waals surface area contributed by atoms with Crippen molar-refractivity contribution in [2.75, 3.05) is 20.3 Å². The summed E-state index contributed by atoms with van der Waals surface area (Å²) in [7, 11) is 1.40. The van der Waals surface area contributed by atoms with Gasteiger partial charge < -0.3 is 19.3 Å². The van der Waals surface area contributed by atoms with Crippen molar-refractivity contribution in [3.05, 3.63) is 23.8 Å². The molecule has 0 saturated heterocycles. The summed E-state index contributed by atoms with van der Waals surface area (Å²) >= 11 is 0. The highest BCUT2D eigenvalue weighted by atomic mass is 16.5. The predicted octanol–water partition coefficient (Wildman–Crippen LogP) is 1.04. The molecule has 114 valence electrons. The van der Waals surface area contributed by atoms with Crippen LogP contribution in [0.5, 0.6) is 11.5 Å². The van der Waals surface area contributed by atoms with E-state index in [2.05, 4.69) is 4.74 Å². The maximum atomic E-state index is 11.4. The van der Waals surface area contributed by atoms with Gasteiger partial charge in [0.15, 0.2) is 6.61 Å². The number of hydrogen-bond acceptors (Lipinski definition) is 6. The summed E-state index contributed by atoms with van der Waals surface area (Å²) in [6, 6.07) is 4.12. The Morgan fingerprint density at radius 1 is 1.29 bits per heavy atom. The van der Waals surface area contributed by atoms with Gasteiger partial charge in [0.25, 0.3) is 5.91 Å². The van der Waals surface area contributed by atoms with Gasteiger partial charge in [0, 0.05) is 0 Å². The molecule has 0 aliphatic carbocycles. The molecule has 0 spiro atoms. The fourth-order valence-electron chi connectivity index (χ4n) is 1.39. The number of benzene rings is 1. The van der Waals surface area contributed by atoms with Crippen LogP contribution in [0.4, 0.5) is 4.79 Å². The first-order valence-electron chi connectivity index (χ1n) is 5.98. The minimum atomic E-state index is -1.23. The summed E-state index contributed by atoms with van der Waals surface area (Å²) in [5.74, 6) is -1.65. The van der Waals surface area contributed by atoms with E-state index in [9.17, 15) is 14.4 Å². The third-order valence-corrected chi connectivity index (χ3v) is 2.29. The first-order valence-corrected chi connectivity index (χ1v) is 5.98. The van der Waals surface area contributed by atoms with Crippen LogP contribution in [0.2, 0.25) is 0 Å². The highest BCUT2D eigenvalue weighted by Crippen LogP contribution is 2.24. The molecule has 1 rings (SSSR count). The van der Waals surface area contributed by atoms with E-state index in [0.29, 0.717) is 5.75 Å². The number of carboxylic acid groups (broad SMARTS) is 1. The molecule has 8 heteroatoms. The van der Waals surface area contributed by atoms with Gasteiger partial charge in [-0.1, -0.05) is 0 Å². The number of carbonyl (C=O) groups is 3. The monoisotopic (exact) mass is 297 g/mol. The Morgan fingerprint density at radius 2 is 2.00 bits per heavy atom. The minimum Gasteiger partial charge on any atom is -0.497 e. The van der Waals surface area contributed by atoms with Crippen LogP contribution in [0.3, 0.4) is 0 Å². The van der Waals surface area contributed by atoms with E-state index in [4.69, 9.17) is 14.6 Å². The number of hydrogen-bond donors (Lipinski definition) is 2. The van der Waals surface area contributed by atoms with Gasteiger partial charge in [-0.25, -0.2) is 9.59 Å². The van der Waals surface area contributed by atoms with Gasteiger partial charge in [0.1, 0.15) is 17.1 Å². The molecule has 0 heterocycles. The molecule has 21 heavy (non-hydrogen) atoms. The van der Waals surface area contributed by atoms with Gasteiger partial charge in [0.05, 0.1) is 13.7 Å². The van der Waals surface area contributed by atoms with E-state index in [0.717, 1.165) is 0 Å². The molecule has 2 N–H and O–H groups in total. The number of amides is 2. The zero-order valence-corrected chi connectivity index (χ0v) is 11.5. The Morgan fingerprint density at radius 3 is 2.57 bits per heavy atom. The number of rotatable bonds is 6. The molecule has 0 bridgehead atoms. The topological polar surface area (TPSA) is 111 Å². The van der Waals surface area contributed by atoms with Crippen molar-refractivity contribution < 1.29 is 33.7 Å². The number of alkyl carbamates (subject to hydrolysis) is 1. The van der Waals surface area contributed by atoms with Crippen LogP contribution in [0, 0.1) is 0 Å². The quantitative estimate of drug-likeness (QED) is 0.807. The molecule has 0 atom stereocenters. The van der Waals surface area contributed by atoms with E-state index >= 15 is 0 Å². The lowest BCUT2D eigenvalue weighted by Crippen LogP contribution is -2.34. The molecule has 0 unspecified atom stereocenters. The van der Waals surface area contributed by atoms with Gasteiger partial charge in [0.2, 0.25) is 0 Å². The summed E-state index contributed by atoms with van der Waals surface area (Å²) in [6.07, 6.45) is -0.890. The number of carbonyl (C=O) groups excluding carboxylic acids is 2. The van der Waals surface area contributed by atoms with Crippen molar-refractivity contribution in [1.29, 1.82) is 0 Å². The summed E-state index contributed by atoms with van der Waals surface area (Å²) in [6.45, 7) is 1.20. The molecule has 8 nitrogen and oxygen atoms in total. The number of nitrogens with one attached hydrogen (secondary N) is 1. The second kappa shape index (κ2) is 7.73. The maximum absolute atomic E-state index is 11.4. The third-order valence-electron chi connectivity index (χ3n) is 2.29. The van der Waals surface area contributed by atoms with Gasteiger partial charge in [-0.3, -0.25) is 10.1 Å². The van der Waals surface area contributed by atoms with Crippen LogP contribution < -0.4 is 14.8 Å². The number of carboxylic acids is 1. The summed E-state index contributed by atoms with van der Waals surface area (Å²) in [5.41, 5.74) is -0.154. The number of ether oxygens (including phenoxy) is 3. The summed E-state index contributed by atoms with van der Waals surface area (Å²) in [4.78, 5) is 33.5. The largest absolute Gasteiger partial charge is 0.497 e. The van der Waals surface area contributed by atoms with Gasteiger partial charge in [-0.2, -0.15) is 0 Å². The molecule has 0 aromatic heterocycles. The molecule has 0 saturated carbocycles. The summed E-state index contributed by atoms with van der Waals surface area (Å²) < 4.78 is 14.5. The van der Waals surface area contributed by atoms with E-state index in [1.165, 1.54) is 25.3 Å². The van der Waals surface area contributed by atoms with Gasteiger partial charge in [-0.15, -0.1) is 0 Å². The molecule has 1 aromatic carbocycles. The van der Waals surface area contributed by atoms with Crippen molar-refractivity contribution >= 4 is 18.0 Å². The number of aromatic carboxylic acids is 1. The van der Waals surface area contributed by atoms with Crippen LogP contribution in [0.25, 0.3) is 0 Å². The van der Waals surface area contributed by atoms with E-state index in [-0.39, 0.29) is 17.9 Å². The van der Waals surface area contributed by atoms with Crippen LogP contribution in [0.15, 0.2) is 18.2 Å². The molecule has 2 amide bonds. The standard InChI is InChI=1S/C13H15NO7/c1-3-20-13(18)14-11(15)7-21-10-5-4-8(19-2)6-9(10)12(16)17/h4-6H,3,7H2,1-2H3,(H,16,17)(H,14,15,18). The van der Waals surface area contributed by atoms with E-state index in [1.54, 1.807) is 6.92 Å². The van der Waals surface area contributed by atoms with Crippen LogP contribution >= 0.6 is 0 Å². The third kappa shape index (κ3) is 5.01. The lowest BCUT2D eigenvalue weighted by Gasteiger charge is -2.10. The van der Waals surface area contributed by atoms with Crippen molar-refractivity contribution in [3.63, 3.8) is 0 Å². The lowest BCUT2D eigenvalue weighted by molar-refractivity contribution is -0.122. The zero-order valence-electron chi connectivity index (χ0n) is 11.5. The van der Waals surface area contributed by atoms with Crippen molar-refractivity contribution in [2.45, 2.75) is 6.92 Å². The average Bonchev–Trinajstić information content (AvgIpc) is 2.45. The Bertz CT molecular complexity index is 541. The van der Waals surface area contributed by atoms with Crippen LogP contribution in [-0.2, 0) is 9.53 Å². The fraction of sp³-hybridized carbons (Fsp3) is 0.308. The molecular weight excluding hydrogens is 282 g/mol. The van der Waals surface area contributed by atoms with E-state index in [1.807, 2.05) is 5.32 Å². The Kier molecular flexibility index (Phi) is 5.99. The molecule has 0 aliphatic rings. The van der Waals surface area contributed by atoms with Crippen LogP contribution in [-0.4, -0.2) is 43.4 Å². The number of methoxy groups -OCH3 is 1. The molecule has 0 aliphatic heterocycles. The first-order chi connectivity index (χ1) is 9.97. The Balaban J connectivity index is 2.68. The van der Waals surface area contributed by atoms with E-state index < -0.39 is 24.6 Å². The van der Waals surface area contributed by atoms with Crippen LogP contribution in [0.1, 0.15) is 17.3 Å². The molecule has 0 fully saturated rings.